The Morgan fingerprint density at radius 3 is 3.12 bits per heavy atom. The van der Waals surface area contributed by atoms with E-state index in [0.717, 1.165) is 30.1 Å². The summed E-state index contributed by atoms with van der Waals surface area (Å²) in [5.74, 6) is 1.70. The van der Waals surface area contributed by atoms with Gasteiger partial charge in [-0.1, -0.05) is 6.92 Å². The van der Waals surface area contributed by atoms with E-state index in [1.54, 1.807) is 0 Å². The van der Waals surface area contributed by atoms with Gasteiger partial charge in [-0.25, -0.2) is 4.98 Å². The number of pyridine rings is 1. The van der Waals surface area contributed by atoms with Gasteiger partial charge in [-0.2, -0.15) is 0 Å². The van der Waals surface area contributed by atoms with Gasteiger partial charge in [-0.05, 0) is 31.6 Å². The predicted molar refractivity (Wildman–Crippen MR) is 69.1 cm³/mol. The summed E-state index contributed by atoms with van der Waals surface area (Å²) in [7, 11) is 0. The zero-order chi connectivity index (χ0) is 11.8. The molecule has 0 amide bonds. The number of imidazole rings is 1. The first kappa shape index (κ1) is 10.6. The summed E-state index contributed by atoms with van der Waals surface area (Å²) >= 11 is 0. The summed E-state index contributed by atoms with van der Waals surface area (Å²) in [6.45, 7) is 5.63. The lowest BCUT2D eigenvalue weighted by molar-refractivity contribution is 0.352. The molecule has 17 heavy (non-hydrogen) atoms. The van der Waals surface area contributed by atoms with Crippen LogP contribution >= 0.6 is 0 Å². The van der Waals surface area contributed by atoms with Crippen LogP contribution in [0.15, 0.2) is 24.5 Å². The summed E-state index contributed by atoms with van der Waals surface area (Å²) in [6.07, 6.45) is 5.11. The first-order valence-corrected chi connectivity index (χ1v) is 6.22. The Kier molecular flexibility index (Phi) is 2.52. The number of nitrogen functional groups attached to an aromatic ring is 1. The minimum atomic E-state index is 0.541. The molecule has 0 radical (unpaired) electrons. The van der Waals surface area contributed by atoms with Crippen molar-refractivity contribution in [3.63, 3.8) is 0 Å². The maximum atomic E-state index is 5.85. The van der Waals surface area contributed by atoms with E-state index in [-0.39, 0.29) is 0 Å². The van der Waals surface area contributed by atoms with Crippen molar-refractivity contribution in [2.45, 2.75) is 19.3 Å². The van der Waals surface area contributed by atoms with Crippen LogP contribution in [0, 0.1) is 0 Å². The number of nitrogens with two attached hydrogens (primary N) is 1. The third kappa shape index (κ3) is 1.78. The molecule has 4 heteroatoms. The molecule has 2 aromatic rings. The van der Waals surface area contributed by atoms with Crippen molar-refractivity contribution in [2.24, 2.45) is 0 Å². The van der Waals surface area contributed by atoms with Crippen LogP contribution in [0.1, 0.15) is 25.1 Å². The first-order chi connectivity index (χ1) is 8.28. The highest BCUT2D eigenvalue weighted by Crippen LogP contribution is 2.27. The molecule has 1 aliphatic rings. The van der Waals surface area contributed by atoms with Crippen molar-refractivity contribution < 1.29 is 0 Å². The van der Waals surface area contributed by atoms with Crippen LogP contribution in [0.3, 0.4) is 0 Å². The zero-order valence-electron chi connectivity index (χ0n) is 10.1. The number of hydrogen-bond acceptors (Lipinski definition) is 3. The van der Waals surface area contributed by atoms with Crippen LogP contribution in [-0.2, 0) is 0 Å². The van der Waals surface area contributed by atoms with Gasteiger partial charge in [-0.3, -0.25) is 0 Å². The SMILES string of the molecule is CCN1CCC(c2ncc3ccc(N)cn23)C1. The molecule has 90 valence electrons. The van der Waals surface area contributed by atoms with E-state index in [4.69, 9.17) is 5.73 Å². The molecule has 4 nitrogen and oxygen atoms in total. The number of nitrogens with zero attached hydrogens (tertiary/aromatic N) is 3. The summed E-state index contributed by atoms with van der Waals surface area (Å²) in [4.78, 5) is 7.04. The lowest BCUT2D eigenvalue weighted by Gasteiger charge is -2.12. The second-order valence-electron chi connectivity index (χ2n) is 4.75. The fourth-order valence-corrected chi connectivity index (χ4v) is 2.66. The van der Waals surface area contributed by atoms with Crippen LogP contribution in [0.5, 0.6) is 0 Å². The number of fused-ring (bicyclic) bond motifs is 1. The largest absolute Gasteiger partial charge is 0.398 e. The molecule has 0 aliphatic carbocycles. The van der Waals surface area contributed by atoms with Crippen molar-refractivity contribution in [3.05, 3.63) is 30.4 Å². The minimum Gasteiger partial charge on any atom is -0.398 e. The summed E-state index contributed by atoms with van der Waals surface area (Å²) < 4.78 is 2.14. The summed E-state index contributed by atoms with van der Waals surface area (Å²) in [5, 5.41) is 0. The fraction of sp³-hybridized carbons (Fsp3) is 0.462. The maximum absolute atomic E-state index is 5.85. The summed E-state index contributed by atoms with van der Waals surface area (Å²) in [6, 6.07) is 3.95. The van der Waals surface area contributed by atoms with Crippen LogP contribution in [0.4, 0.5) is 5.69 Å². The van der Waals surface area contributed by atoms with Gasteiger partial charge >= 0.3 is 0 Å². The van der Waals surface area contributed by atoms with Gasteiger partial charge in [0, 0.05) is 24.3 Å². The van der Waals surface area contributed by atoms with Crippen molar-refractivity contribution in [2.75, 3.05) is 25.4 Å². The lowest BCUT2D eigenvalue weighted by Crippen LogP contribution is -2.19. The van der Waals surface area contributed by atoms with E-state index < -0.39 is 0 Å². The number of hydrogen-bond donors (Lipinski definition) is 1. The third-order valence-corrected chi connectivity index (χ3v) is 3.66. The number of likely N-dealkylation sites (tertiary alicyclic amines) is 1. The number of aromatic nitrogens is 2. The molecule has 1 unspecified atom stereocenters. The van der Waals surface area contributed by atoms with Crippen LogP contribution in [0.25, 0.3) is 5.52 Å². The Bertz CT molecular complexity index is 531. The van der Waals surface area contributed by atoms with Crippen LogP contribution in [-0.4, -0.2) is 33.9 Å². The van der Waals surface area contributed by atoms with Crippen LogP contribution in [0.2, 0.25) is 0 Å². The van der Waals surface area contributed by atoms with Crippen molar-refractivity contribution in [1.29, 1.82) is 0 Å². The highest BCUT2D eigenvalue weighted by Gasteiger charge is 2.25. The zero-order valence-corrected chi connectivity index (χ0v) is 10.1. The normalized spacial score (nSPS) is 21.4. The number of anilines is 1. The Labute approximate surface area is 101 Å². The Balaban J connectivity index is 1.98. The molecule has 1 atom stereocenters. The smallest absolute Gasteiger partial charge is 0.117 e. The molecule has 1 saturated heterocycles. The maximum Gasteiger partial charge on any atom is 0.117 e. The monoisotopic (exact) mass is 230 g/mol. The Morgan fingerprint density at radius 2 is 2.35 bits per heavy atom. The Morgan fingerprint density at radius 1 is 1.47 bits per heavy atom. The van der Waals surface area contributed by atoms with Gasteiger partial charge in [0.05, 0.1) is 11.7 Å². The number of likely N-dealkylation sites (N-methyl/N-ethyl adjacent to an activating group) is 1. The van der Waals surface area contributed by atoms with E-state index in [0.29, 0.717) is 5.92 Å². The molecule has 1 fully saturated rings. The minimum absolute atomic E-state index is 0.541. The quantitative estimate of drug-likeness (QED) is 0.854. The van der Waals surface area contributed by atoms with E-state index >= 15 is 0 Å². The van der Waals surface area contributed by atoms with E-state index in [2.05, 4.69) is 21.2 Å². The highest BCUT2D eigenvalue weighted by atomic mass is 15.2. The molecular weight excluding hydrogens is 212 g/mol. The van der Waals surface area contributed by atoms with Gasteiger partial charge in [-0.15, -0.1) is 0 Å². The van der Waals surface area contributed by atoms with Crippen molar-refractivity contribution in [3.8, 4) is 0 Å². The van der Waals surface area contributed by atoms with Gasteiger partial charge in [0.2, 0.25) is 0 Å². The van der Waals surface area contributed by atoms with Crippen molar-refractivity contribution >= 4 is 11.2 Å². The second-order valence-corrected chi connectivity index (χ2v) is 4.75. The summed E-state index contributed by atoms with van der Waals surface area (Å²) in [5.41, 5.74) is 7.77. The van der Waals surface area contributed by atoms with Gasteiger partial charge in [0.25, 0.3) is 0 Å². The van der Waals surface area contributed by atoms with E-state index in [9.17, 15) is 0 Å². The lowest BCUT2D eigenvalue weighted by atomic mass is 10.1. The third-order valence-electron chi connectivity index (χ3n) is 3.66. The standard InChI is InChI=1S/C13H18N4/c1-2-16-6-5-10(8-16)13-15-7-12-4-3-11(14)9-17(12)13/h3-4,7,9-10H,2,5-6,8,14H2,1H3. The molecule has 2 N–H and O–H groups in total. The van der Waals surface area contributed by atoms with E-state index in [1.165, 1.54) is 13.0 Å². The molecule has 0 saturated carbocycles. The van der Waals surface area contributed by atoms with Crippen LogP contribution < -0.4 is 5.73 Å². The second kappa shape index (κ2) is 4.04. The van der Waals surface area contributed by atoms with Crippen molar-refractivity contribution in [1.82, 2.24) is 14.3 Å². The van der Waals surface area contributed by atoms with Gasteiger partial charge < -0.3 is 15.0 Å². The van der Waals surface area contributed by atoms with E-state index in [1.807, 2.05) is 24.5 Å². The molecule has 0 spiro atoms. The highest BCUT2D eigenvalue weighted by molar-refractivity contribution is 5.52. The molecular formula is C13H18N4. The molecule has 2 aromatic heterocycles. The average molecular weight is 230 g/mol. The molecule has 3 heterocycles. The van der Waals surface area contributed by atoms with Gasteiger partial charge in [0.15, 0.2) is 0 Å². The Hall–Kier alpha value is -1.55. The predicted octanol–water partition coefficient (Wildman–Crippen LogP) is 1.73. The fourth-order valence-electron chi connectivity index (χ4n) is 2.66. The molecule has 0 aromatic carbocycles. The molecule has 0 bridgehead atoms. The topological polar surface area (TPSA) is 46.6 Å². The van der Waals surface area contributed by atoms with Gasteiger partial charge in [0.1, 0.15) is 5.82 Å². The molecule has 3 rings (SSSR count). The molecule has 1 aliphatic heterocycles. The average Bonchev–Trinajstić information content (AvgIpc) is 2.93. The first-order valence-electron chi connectivity index (χ1n) is 6.22. The number of rotatable bonds is 2.